The lowest BCUT2D eigenvalue weighted by atomic mass is 9.73. The molecule has 1 rings (SSSR count). The summed E-state index contributed by atoms with van der Waals surface area (Å²) in [6, 6.07) is 0. The van der Waals surface area contributed by atoms with Crippen molar-refractivity contribution >= 4 is 5.78 Å². The summed E-state index contributed by atoms with van der Waals surface area (Å²) in [5.74, 6) is 0.560. The summed E-state index contributed by atoms with van der Waals surface area (Å²) in [4.78, 5) is 11.2. The van der Waals surface area contributed by atoms with Crippen LogP contribution in [-0.2, 0) is 4.79 Å². The van der Waals surface area contributed by atoms with Gasteiger partial charge in [-0.3, -0.25) is 4.79 Å². The van der Waals surface area contributed by atoms with E-state index in [4.69, 9.17) is 0 Å². The van der Waals surface area contributed by atoms with Crippen LogP contribution in [0.1, 0.15) is 27.2 Å². The van der Waals surface area contributed by atoms with E-state index in [9.17, 15) is 4.79 Å². The van der Waals surface area contributed by atoms with Gasteiger partial charge in [0.2, 0.25) is 0 Å². The van der Waals surface area contributed by atoms with Crippen molar-refractivity contribution in [3.05, 3.63) is 12.2 Å². The Morgan fingerprint density at radius 3 is 2.60 bits per heavy atom. The second-order valence-electron chi connectivity index (χ2n) is 3.62. The molecule has 0 saturated heterocycles. The van der Waals surface area contributed by atoms with E-state index in [0.717, 1.165) is 0 Å². The van der Waals surface area contributed by atoms with E-state index in [1.54, 1.807) is 0 Å². The second kappa shape index (κ2) is 2.22. The van der Waals surface area contributed by atoms with E-state index in [1.165, 1.54) is 0 Å². The Balaban J connectivity index is 2.87. The number of ketones is 1. The Morgan fingerprint density at radius 2 is 2.20 bits per heavy atom. The average Bonchev–Trinajstić information content (AvgIpc) is 1.83. The van der Waals surface area contributed by atoms with Gasteiger partial charge in [-0.2, -0.15) is 0 Å². The standard InChI is InChI=1S/C9H14O/c1-7-8(10)5-4-6-9(7,2)3/h4,6-7H,5H2,1-3H3. The first-order valence-corrected chi connectivity index (χ1v) is 3.74. The Kier molecular flexibility index (Phi) is 1.67. The van der Waals surface area contributed by atoms with Crippen molar-refractivity contribution in [2.24, 2.45) is 11.3 Å². The monoisotopic (exact) mass is 138 g/mol. The molecule has 56 valence electrons. The molecular formula is C9H14O. The second-order valence-corrected chi connectivity index (χ2v) is 3.62. The first-order chi connectivity index (χ1) is 4.54. The first-order valence-electron chi connectivity index (χ1n) is 3.74. The topological polar surface area (TPSA) is 17.1 Å². The van der Waals surface area contributed by atoms with Gasteiger partial charge in [0.15, 0.2) is 0 Å². The van der Waals surface area contributed by atoms with E-state index in [2.05, 4.69) is 19.9 Å². The predicted molar refractivity (Wildman–Crippen MR) is 41.7 cm³/mol. The Hall–Kier alpha value is -0.590. The third-order valence-corrected chi connectivity index (χ3v) is 2.47. The summed E-state index contributed by atoms with van der Waals surface area (Å²) < 4.78 is 0. The quantitative estimate of drug-likeness (QED) is 0.469. The number of hydrogen-bond donors (Lipinski definition) is 0. The highest BCUT2D eigenvalue weighted by Gasteiger charge is 2.30. The molecule has 0 spiro atoms. The Morgan fingerprint density at radius 1 is 1.60 bits per heavy atom. The Bertz CT molecular complexity index is 177. The minimum absolute atomic E-state index is 0.0787. The van der Waals surface area contributed by atoms with Crippen molar-refractivity contribution in [2.45, 2.75) is 27.2 Å². The van der Waals surface area contributed by atoms with Crippen LogP contribution in [0.3, 0.4) is 0 Å². The molecule has 0 radical (unpaired) electrons. The summed E-state index contributed by atoms with van der Waals surface area (Å²) in [6.07, 6.45) is 4.74. The number of allylic oxidation sites excluding steroid dienone is 2. The minimum Gasteiger partial charge on any atom is -0.299 e. The van der Waals surface area contributed by atoms with Gasteiger partial charge in [-0.05, 0) is 5.41 Å². The van der Waals surface area contributed by atoms with Gasteiger partial charge in [0, 0.05) is 12.3 Å². The number of Topliss-reactive ketones (excluding diaryl/α,β-unsaturated/α-hetero) is 1. The van der Waals surface area contributed by atoms with Gasteiger partial charge < -0.3 is 0 Å². The van der Waals surface area contributed by atoms with E-state index in [-0.39, 0.29) is 11.3 Å². The van der Waals surface area contributed by atoms with Crippen LogP contribution in [0.25, 0.3) is 0 Å². The van der Waals surface area contributed by atoms with E-state index in [0.29, 0.717) is 12.2 Å². The van der Waals surface area contributed by atoms with Gasteiger partial charge in [-0.15, -0.1) is 0 Å². The third-order valence-electron chi connectivity index (χ3n) is 2.47. The predicted octanol–water partition coefficient (Wildman–Crippen LogP) is 2.18. The van der Waals surface area contributed by atoms with Gasteiger partial charge in [0.05, 0.1) is 0 Å². The zero-order valence-corrected chi connectivity index (χ0v) is 6.85. The molecule has 0 aromatic heterocycles. The molecule has 1 heteroatoms. The molecule has 0 bridgehead atoms. The minimum atomic E-state index is 0.0787. The van der Waals surface area contributed by atoms with Crippen LogP contribution in [0.4, 0.5) is 0 Å². The van der Waals surface area contributed by atoms with Crippen molar-refractivity contribution in [2.75, 3.05) is 0 Å². The fourth-order valence-electron chi connectivity index (χ4n) is 1.21. The number of carbonyl (C=O) groups is 1. The van der Waals surface area contributed by atoms with E-state index < -0.39 is 0 Å². The molecule has 0 amide bonds. The maximum atomic E-state index is 11.2. The molecule has 0 N–H and O–H groups in total. The molecule has 0 heterocycles. The molecule has 0 fully saturated rings. The van der Waals surface area contributed by atoms with Crippen molar-refractivity contribution in [3.63, 3.8) is 0 Å². The highest BCUT2D eigenvalue weighted by Crippen LogP contribution is 2.32. The van der Waals surface area contributed by atoms with Gasteiger partial charge in [0.25, 0.3) is 0 Å². The lowest BCUT2D eigenvalue weighted by Crippen LogP contribution is -2.29. The van der Waals surface area contributed by atoms with Crippen LogP contribution in [-0.4, -0.2) is 5.78 Å². The van der Waals surface area contributed by atoms with Crippen molar-refractivity contribution in [1.82, 2.24) is 0 Å². The molecule has 10 heavy (non-hydrogen) atoms. The van der Waals surface area contributed by atoms with Gasteiger partial charge in [-0.25, -0.2) is 0 Å². The lowest BCUT2D eigenvalue weighted by Gasteiger charge is -2.30. The van der Waals surface area contributed by atoms with Crippen LogP contribution in [0.2, 0.25) is 0 Å². The fourth-order valence-corrected chi connectivity index (χ4v) is 1.21. The highest BCUT2D eigenvalue weighted by atomic mass is 16.1. The molecule has 0 aromatic rings. The molecule has 0 saturated carbocycles. The molecule has 1 atom stereocenters. The molecular weight excluding hydrogens is 124 g/mol. The van der Waals surface area contributed by atoms with Crippen molar-refractivity contribution in [1.29, 1.82) is 0 Å². The number of carbonyl (C=O) groups excluding carboxylic acids is 1. The van der Waals surface area contributed by atoms with Crippen LogP contribution in [0.5, 0.6) is 0 Å². The maximum Gasteiger partial charge on any atom is 0.140 e. The molecule has 1 aliphatic carbocycles. The molecule has 1 nitrogen and oxygen atoms in total. The summed E-state index contributed by atoms with van der Waals surface area (Å²) in [5, 5.41) is 0. The zero-order chi connectivity index (χ0) is 7.78. The molecule has 1 aliphatic rings. The van der Waals surface area contributed by atoms with Crippen molar-refractivity contribution < 1.29 is 4.79 Å². The van der Waals surface area contributed by atoms with Crippen LogP contribution < -0.4 is 0 Å². The van der Waals surface area contributed by atoms with E-state index >= 15 is 0 Å². The highest BCUT2D eigenvalue weighted by molar-refractivity contribution is 5.84. The lowest BCUT2D eigenvalue weighted by molar-refractivity contribution is -0.124. The van der Waals surface area contributed by atoms with Crippen molar-refractivity contribution in [3.8, 4) is 0 Å². The fraction of sp³-hybridized carbons (Fsp3) is 0.667. The Labute approximate surface area is 62.1 Å². The van der Waals surface area contributed by atoms with Gasteiger partial charge in [0.1, 0.15) is 5.78 Å². The first kappa shape index (κ1) is 7.52. The SMILES string of the molecule is CC1C(=O)CC=CC1(C)C. The number of hydrogen-bond acceptors (Lipinski definition) is 1. The zero-order valence-electron chi connectivity index (χ0n) is 6.85. The summed E-state index contributed by atoms with van der Waals surface area (Å²) in [7, 11) is 0. The summed E-state index contributed by atoms with van der Waals surface area (Å²) >= 11 is 0. The smallest absolute Gasteiger partial charge is 0.140 e. The molecule has 0 aromatic carbocycles. The van der Waals surface area contributed by atoms with Crippen LogP contribution in [0, 0.1) is 11.3 Å². The van der Waals surface area contributed by atoms with Gasteiger partial charge in [-0.1, -0.05) is 32.9 Å². The van der Waals surface area contributed by atoms with Gasteiger partial charge >= 0.3 is 0 Å². The largest absolute Gasteiger partial charge is 0.299 e. The normalized spacial score (nSPS) is 30.7. The van der Waals surface area contributed by atoms with E-state index in [1.807, 2.05) is 13.0 Å². The summed E-state index contributed by atoms with van der Waals surface area (Å²) in [6.45, 7) is 6.21. The van der Waals surface area contributed by atoms with Crippen LogP contribution >= 0.6 is 0 Å². The molecule has 1 unspecified atom stereocenters. The average molecular weight is 138 g/mol. The maximum absolute atomic E-state index is 11.2. The summed E-state index contributed by atoms with van der Waals surface area (Å²) in [5.41, 5.74) is 0.0787. The van der Waals surface area contributed by atoms with Crippen LogP contribution in [0.15, 0.2) is 12.2 Å². The molecule has 0 aliphatic heterocycles. The number of rotatable bonds is 0. The third kappa shape index (κ3) is 1.13.